The van der Waals surface area contributed by atoms with E-state index in [4.69, 9.17) is 0 Å². The van der Waals surface area contributed by atoms with E-state index < -0.39 is 58.3 Å². The molecule has 132 valence electrons. The first kappa shape index (κ1) is 19.2. The molecule has 0 bridgehead atoms. The summed E-state index contributed by atoms with van der Waals surface area (Å²) in [6.45, 7) is 0. The predicted molar refractivity (Wildman–Crippen MR) is 83.9 cm³/mol. The van der Waals surface area contributed by atoms with Crippen LogP contribution in [0.2, 0.25) is 0 Å². The third-order valence-electron chi connectivity index (χ3n) is 2.99. The van der Waals surface area contributed by atoms with Crippen molar-refractivity contribution in [3.63, 3.8) is 0 Å². The Labute approximate surface area is 145 Å². The molecule has 0 saturated heterocycles. The number of nitro groups is 2. The van der Waals surface area contributed by atoms with Crippen LogP contribution in [0.4, 0.5) is 11.4 Å². The second-order valence-electron chi connectivity index (χ2n) is 4.61. The van der Waals surface area contributed by atoms with E-state index in [9.17, 15) is 35.9 Å². The molecule has 0 unspecified atom stereocenters. The molecule has 0 spiro atoms. The van der Waals surface area contributed by atoms with E-state index in [0.29, 0.717) is 0 Å². The monoisotopic (exact) mass is 476 g/mol. The van der Waals surface area contributed by atoms with E-state index >= 15 is 0 Å². The molecular formula is C12H10As2N2O9. The van der Waals surface area contributed by atoms with Gasteiger partial charge in [0.05, 0.1) is 0 Å². The summed E-state index contributed by atoms with van der Waals surface area (Å²) in [7, 11) is 0. The topological polar surface area (TPSA) is 170 Å². The Morgan fingerprint density at radius 1 is 0.760 bits per heavy atom. The van der Waals surface area contributed by atoms with Crippen LogP contribution in [0.1, 0.15) is 0 Å². The van der Waals surface area contributed by atoms with Gasteiger partial charge in [0.25, 0.3) is 0 Å². The zero-order valence-electron chi connectivity index (χ0n) is 12.2. The zero-order chi connectivity index (χ0) is 18.8. The summed E-state index contributed by atoms with van der Waals surface area (Å²) in [4.78, 5) is 20.0. The summed E-state index contributed by atoms with van der Waals surface area (Å²) in [6, 6.07) is 8.63. The molecule has 13 heteroatoms. The molecule has 25 heavy (non-hydrogen) atoms. The fourth-order valence-electron chi connectivity index (χ4n) is 1.95. The minimum atomic E-state index is -5.87. The zero-order valence-corrected chi connectivity index (χ0v) is 15.9. The average Bonchev–Trinajstić information content (AvgIpc) is 2.54. The van der Waals surface area contributed by atoms with Gasteiger partial charge in [0, 0.05) is 0 Å². The number of hydrogen-bond donors (Lipinski definition) is 2. The Bertz CT molecular complexity index is 870. The molecule has 0 amide bonds. The van der Waals surface area contributed by atoms with Crippen molar-refractivity contribution < 1.29 is 28.2 Å². The van der Waals surface area contributed by atoms with Crippen LogP contribution in [0.15, 0.2) is 48.5 Å². The van der Waals surface area contributed by atoms with Gasteiger partial charge in [0.15, 0.2) is 0 Å². The van der Waals surface area contributed by atoms with Gasteiger partial charge in [0.1, 0.15) is 0 Å². The fourth-order valence-corrected chi connectivity index (χ4v) is 11.2. The van der Waals surface area contributed by atoms with Crippen LogP contribution >= 0.6 is 0 Å². The second kappa shape index (κ2) is 6.99. The number of nitro benzene ring substituents is 2. The first-order valence-electron chi connectivity index (χ1n) is 6.41. The molecule has 0 aliphatic carbocycles. The molecule has 0 heterocycles. The second-order valence-corrected chi connectivity index (χ2v) is 13.1. The Hall–Kier alpha value is -2.16. The number of rotatable bonds is 6. The van der Waals surface area contributed by atoms with Crippen LogP contribution in [0, 0.1) is 20.2 Å². The molecule has 2 aromatic carbocycles. The van der Waals surface area contributed by atoms with Crippen LogP contribution < -0.4 is 8.70 Å². The van der Waals surface area contributed by atoms with Gasteiger partial charge in [-0.25, -0.2) is 0 Å². The molecule has 0 aliphatic rings. The standard InChI is InChI=1S/C12H10As2N2O9/c17-13(18,9-5-1-3-7-11(9)15(21)22)25-14(19,20)10-6-2-4-8-12(10)16(23)24/h1-8H,(H,17,18)(H,19,20). The molecule has 0 radical (unpaired) electrons. The Kier molecular flexibility index (Phi) is 5.36. The minimum absolute atomic E-state index is 0.736. The molecule has 0 fully saturated rings. The van der Waals surface area contributed by atoms with Gasteiger partial charge >= 0.3 is 145 Å². The molecular weight excluding hydrogens is 466 g/mol. The summed E-state index contributed by atoms with van der Waals surface area (Å²) in [5.74, 6) is 0. The van der Waals surface area contributed by atoms with Gasteiger partial charge in [-0.05, 0) is 0 Å². The number of benzene rings is 2. The van der Waals surface area contributed by atoms with E-state index in [1.165, 1.54) is 24.3 Å². The molecule has 2 aromatic rings. The van der Waals surface area contributed by atoms with Gasteiger partial charge in [-0.3, -0.25) is 0 Å². The first-order chi connectivity index (χ1) is 11.6. The summed E-state index contributed by atoms with van der Waals surface area (Å²) < 4.78 is 48.0. The van der Waals surface area contributed by atoms with Crippen molar-refractivity contribution in [1.29, 1.82) is 0 Å². The Balaban J connectivity index is 2.51. The summed E-state index contributed by atoms with van der Waals surface area (Å²) in [5, 5.41) is 21.9. The summed E-state index contributed by atoms with van der Waals surface area (Å²) >= 11 is -11.7. The molecule has 0 aromatic heterocycles. The molecule has 2 rings (SSSR count). The molecule has 2 N–H and O–H groups in total. The van der Waals surface area contributed by atoms with Crippen LogP contribution in [-0.2, 0) is 10.2 Å². The molecule has 0 aliphatic heterocycles. The Morgan fingerprint density at radius 3 is 1.40 bits per heavy atom. The third-order valence-corrected chi connectivity index (χ3v) is 12.9. The van der Waals surface area contributed by atoms with Crippen molar-refractivity contribution >= 4 is 48.4 Å². The quantitative estimate of drug-likeness (QED) is 0.313. The SMILES string of the molecule is O=[N+]([O-])c1ccccc1[As](=O)(O)O[As](=O)(O)c1ccccc1[N+](=O)[O-]. The summed E-state index contributed by atoms with van der Waals surface area (Å²) in [5.41, 5.74) is -1.52. The number of para-hydroxylation sites is 2. The van der Waals surface area contributed by atoms with Crippen LogP contribution in [0.5, 0.6) is 0 Å². The van der Waals surface area contributed by atoms with Gasteiger partial charge in [-0.15, -0.1) is 0 Å². The van der Waals surface area contributed by atoms with Crippen molar-refractivity contribution in [1.82, 2.24) is 0 Å². The molecule has 11 nitrogen and oxygen atoms in total. The van der Waals surface area contributed by atoms with Crippen molar-refractivity contribution in [3.05, 3.63) is 68.8 Å². The van der Waals surface area contributed by atoms with Crippen molar-refractivity contribution in [3.8, 4) is 0 Å². The van der Waals surface area contributed by atoms with Crippen LogP contribution in [-0.4, -0.2) is 46.4 Å². The first-order valence-corrected chi connectivity index (χ1v) is 13.0. The summed E-state index contributed by atoms with van der Waals surface area (Å²) in [6.07, 6.45) is 0. The van der Waals surface area contributed by atoms with Gasteiger partial charge < -0.3 is 0 Å². The van der Waals surface area contributed by atoms with E-state index in [2.05, 4.69) is 2.72 Å². The van der Waals surface area contributed by atoms with Gasteiger partial charge in [-0.1, -0.05) is 0 Å². The van der Waals surface area contributed by atoms with E-state index in [1.54, 1.807) is 0 Å². The van der Waals surface area contributed by atoms with E-state index in [-0.39, 0.29) is 0 Å². The average molecular weight is 476 g/mol. The van der Waals surface area contributed by atoms with E-state index in [0.717, 1.165) is 24.3 Å². The number of nitrogens with zero attached hydrogens (tertiary/aromatic N) is 2. The molecule has 0 atom stereocenters. The van der Waals surface area contributed by atoms with Crippen molar-refractivity contribution in [2.45, 2.75) is 0 Å². The van der Waals surface area contributed by atoms with Crippen molar-refractivity contribution in [2.75, 3.05) is 0 Å². The maximum absolute atomic E-state index is 12.4. The van der Waals surface area contributed by atoms with Crippen LogP contribution in [0.25, 0.3) is 0 Å². The van der Waals surface area contributed by atoms with E-state index in [1.807, 2.05) is 0 Å². The van der Waals surface area contributed by atoms with Gasteiger partial charge in [0.2, 0.25) is 0 Å². The predicted octanol–water partition coefficient (Wildman–Crippen LogP) is -0.643. The van der Waals surface area contributed by atoms with Crippen molar-refractivity contribution in [2.24, 2.45) is 0 Å². The van der Waals surface area contributed by atoms with Crippen LogP contribution in [0.3, 0.4) is 0 Å². The molecule has 0 saturated carbocycles. The fraction of sp³-hybridized carbons (Fsp3) is 0. The Morgan fingerprint density at radius 2 is 1.08 bits per heavy atom. The van der Waals surface area contributed by atoms with Gasteiger partial charge in [-0.2, -0.15) is 0 Å². The number of hydrogen-bond acceptors (Lipinski definition) is 7. The normalized spacial score (nSPS) is 15.8. The third kappa shape index (κ3) is 4.09. The maximum atomic E-state index is 12.4.